The molecule has 0 aliphatic carbocycles. The number of rotatable bonds is 10. The van der Waals surface area contributed by atoms with E-state index in [2.05, 4.69) is 41.5 Å². The predicted octanol–water partition coefficient (Wildman–Crippen LogP) is 6.52. The molecule has 0 radical (unpaired) electrons. The van der Waals surface area contributed by atoms with E-state index in [4.69, 9.17) is 4.98 Å². The Bertz CT molecular complexity index is 1200. The number of unbranched alkanes of at least 4 members (excludes halogenated alkanes) is 2. The molecular weight excluding hydrogens is 422 g/mol. The maximum Gasteiger partial charge on any atom is 0.266 e. The van der Waals surface area contributed by atoms with Gasteiger partial charge in [0.1, 0.15) is 5.82 Å². The van der Waals surface area contributed by atoms with E-state index in [-0.39, 0.29) is 17.5 Å². The van der Waals surface area contributed by atoms with Crippen LogP contribution in [0.15, 0.2) is 47.3 Å². The van der Waals surface area contributed by atoms with Crippen LogP contribution in [0.3, 0.4) is 0 Å². The van der Waals surface area contributed by atoms with Gasteiger partial charge in [-0.2, -0.15) is 0 Å². The molecule has 0 fully saturated rings. The number of para-hydroxylation sites is 1. The highest BCUT2D eigenvalue weighted by Gasteiger charge is 2.29. The number of benzene rings is 2. The lowest BCUT2D eigenvalue weighted by Crippen LogP contribution is -2.40. The molecule has 0 saturated heterocycles. The average Bonchev–Trinajstić information content (AvgIpc) is 2.81. The lowest BCUT2D eigenvalue weighted by molar-refractivity contribution is -0.134. The minimum Gasteiger partial charge on any atom is -0.332 e. The van der Waals surface area contributed by atoms with Crippen molar-refractivity contribution in [2.45, 2.75) is 79.7 Å². The summed E-state index contributed by atoms with van der Waals surface area (Å²) >= 11 is 0. The van der Waals surface area contributed by atoms with Gasteiger partial charge in [0.25, 0.3) is 5.56 Å². The van der Waals surface area contributed by atoms with Crippen molar-refractivity contribution in [3.8, 4) is 5.69 Å². The third kappa shape index (κ3) is 5.57. The molecule has 34 heavy (non-hydrogen) atoms. The van der Waals surface area contributed by atoms with Gasteiger partial charge in [-0.1, -0.05) is 58.7 Å². The molecule has 1 aromatic heterocycles. The first-order chi connectivity index (χ1) is 16.3. The fourth-order valence-electron chi connectivity index (χ4n) is 4.50. The highest BCUT2D eigenvalue weighted by atomic mass is 16.2. The number of aryl methyl sites for hydroxylation is 2. The van der Waals surface area contributed by atoms with E-state index < -0.39 is 0 Å². The van der Waals surface area contributed by atoms with Crippen LogP contribution in [0, 0.1) is 19.8 Å². The Labute approximate surface area is 203 Å². The molecule has 5 nitrogen and oxygen atoms in total. The van der Waals surface area contributed by atoms with E-state index in [0.717, 1.165) is 30.5 Å². The van der Waals surface area contributed by atoms with Crippen molar-refractivity contribution < 1.29 is 4.79 Å². The number of amides is 1. The molecule has 1 amide bonds. The number of fused-ring (bicyclic) bond motifs is 1. The van der Waals surface area contributed by atoms with Gasteiger partial charge in [0.05, 0.1) is 22.6 Å². The zero-order chi connectivity index (χ0) is 24.8. The molecule has 0 bridgehead atoms. The minimum absolute atomic E-state index is 0.0924. The third-order valence-electron chi connectivity index (χ3n) is 6.49. The summed E-state index contributed by atoms with van der Waals surface area (Å²) < 4.78 is 1.73. The van der Waals surface area contributed by atoms with Gasteiger partial charge in [-0.05, 0) is 68.0 Å². The van der Waals surface area contributed by atoms with Gasteiger partial charge in [-0.3, -0.25) is 14.2 Å². The monoisotopic (exact) mass is 461 g/mol. The van der Waals surface area contributed by atoms with Crippen molar-refractivity contribution in [3.05, 3.63) is 69.8 Å². The highest BCUT2D eigenvalue weighted by Crippen LogP contribution is 2.28. The molecule has 182 valence electrons. The maximum atomic E-state index is 13.8. The molecule has 1 heterocycles. The largest absolute Gasteiger partial charge is 0.332 e. The number of nitrogens with zero attached hydrogens (tertiary/aromatic N) is 3. The Morgan fingerprint density at radius 3 is 2.41 bits per heavy atom. The lowest BCUT2D eigenvalue weighted by atomic mass is 10.0. The standard InChI is InChI=1S/C29H39N3O2/c1-7-9-10-15-27(33)31(19-20(3)4)26(8-2)28-30-25-14-12-11-13-24(25)29(34)32(28)23-17-16-21(5)22(6)18-23/h11-14,16-18,20,26H,7-10,15,19H2,1-6H3. The van der Waals surface area contributed by atoms with Crippen molar-refractivity contribution in [3.63, 3.8) is 0 Å². The Balaban J connectivity index is 2.23. The van der Waals surface area contributed by atoms with Crippen LogP contribution in [0.25, 0.3) is 16.6 Å². The maximum absolute atomic E-state index is 13.8. The summed E-state index contributed by atoms with van der Waals surface area (Å²) in [5, 5.41) is 0.587. The molecule has 3 rings (SSSR count). The van der Waals surface area contributed by atoms with E-state index in [9.17, 15) is 9.59 Å². The second-order valence-corrected chi connectivity index (χ2v) is 9.72. The van der Waals surface area contributed by atoms with Crippen molar-refractivity contribution in [1.82, 2.24) is 14.5 Å². The zero-order valence-corrected chi connectivity index (χ0v) is 21.6. The van der Waals surface area contributed by atoms with Gasteiger partial charge in [-0.15, -0.1) is 0 Å². The van der Waals surface area contributed by atoms with Crippen molar-refractivity contribution in [1.29, 1.82) is 0 Å². The van der Waals surface area contributed by atoms with E-state index in [1.54, 1.807) is 4.57 Å². The highest BCUT2D eigenvalue weighted by molar-refractivity contribution is 5.79. The summed E-state index contributed by atoms with van der Waals surface area (Å²) in [5.74, 6) is 1.09. The second-order valence-electron chi connectivity index (χ2n) is 9.72. The van der Waals surface area contributed by atoms with E-state index >= 15 is 0 Å². The van der Waals surface area contributed by atoms with E-state index in [0.29, 0.717) is 42.0 Å². The fourth-order valence-corrected chi connectivity index (χ4v) is 4.50. The number of hydrogen-bond acceptors (Lipinski definition) is 3. The number of carbonyl (C=O) groups excluding carboxylic acids is 1. The molecule has 1 atom stereocenters. The number of hydrogen-bond donors (Lipinski definition) is 0. The van der Waals surface area contributed by atoms with Crippen molar-refractivity contribution in [2.24, 2.45) is 5.92 Å². The topological polar surface area (TPSA) is 55.2 Å². The lowest BCUT2D eigenvalue weighted by Gasteiger charge is -2.34. The van der Waals surface area contributed by atoms with Crippen LogP contribution in [0.2, 0.25) is 0 Å². The van der Waals surface area contributed by atoms with Gasteiger partial charge in [-0.25, -0.2) is 4.98 Å². The van der Waals surface area contributed by atoms with Gasteiger partial charge in [0.15, 0.2) is 0 Å². The van der Waals surface area contributed by atoms with Crippen LogP contribution in [-0.2, 0) is 4.79 Å². The molecule has 0 aliphatic rings. The molecule has 0 N–H and O–H groups in total. The summed E-state index contributed by atoms with van der Waals surface area (Å²) in [6, 6.07) is 13.3. The minimum atomic E-state index is -0.282. The average molecular weight is 462 g/mol. The van der Waals surface area contributed by atoms with Crippen molar-refractivity contribution in [2.75, 3.05) is 6.54 Å². The molecule has 1 unspecified atom stereocenters. The number of carbonyl (C=O) groups is 1. The first-order valence-corrected chi connectivity index (χ1v) is 12.7. The first kappa shape index (κ1) is 25.7. The first-order valence-electron chi connectivity index (χ1n) is 12.7. The van der Waals surface area contributed by atoms with Gasteiger partial charge in [0.2, 0.25) is 5.91 Å². The van der Waals surface area contributed by atoms with Crippen LogP contribution in [0.1, 0.15) is 82.8 Å². The number of aromatic nitrogens is 2. The molecule has 5 heteroatoms. The Kier molecular flexibility index (Phi) is 8.65. The SMILES string of the molecule is CCCCCC(=O)N(CC(C)C)C(CC)c1nc2ccccc2c(=O)n1-c1ccc(C)c(C)c1. The normalized spacial score (nSPS) is 12.3. The molecule has 2 aromatic carbocycles. The van der Waals surface area contributed by atoms with Crippen LogP contribution in [0.4, 0.5) is 0 Å². The Morgan fingerprint density at radius 2 is 1.76 bits per heavy atom. The summed E-state index contributed by atoms with van der Waals surface area (Å²) in [6.07, 6.45) is 4.21. The molecule has 0 saturated carbocycles. The van der Waals surface area contributed by atoms with Gasteiger partial charge in [0, 0.05) is 13.0 Å². The molecule has 0 spiro atoms. The second kappa shape index (κ2) is 11.5. The smallest absolute Gasteiger partial charge is 0.266 e. The van der Waals surface area contributed by atoms with E-state index in [1.807, 2.05) is 47.4 Å². The van der Waals surface area contributed by atoms with E-state index in [1.165, 1.54) is 5.56 Å². The fraction of sp³-hybridized carbons (Fsp3) is 0.483. The van der Waals surface area contributed by atoms with Crippen molar-refractivity contribution >= 4 is 16.8 Å². The van der Waals surface area contributed by atoms with Crippen LogP contribution >= 0.6 is 0 Å². The Hall–Kier alpha value is -2.95. The quantitative estimate of drug-likeness (QED) is 0.323. The summed E-state index contributed by atoms with van der Waals surface area (Å²) in [6.45, 7) is 13.2. The summed E-state index contributed by atoms with van der Waals surface area (Å²) in [4.78, 5) is 34.2. The zero-order valence-electron chi connectivity index (χ0n) is 21.6. The predicted molar refractivity (Wildman–Crippen MR) is 141 cm³/mol. The van der Waals surface area contributed by atoms with Gasteiger partial charge >= 0.3 is 0 Å². The van der Waals surface area contributed by atoms with Crippen LogP contribution < -0.4 is 5.56 Å². The summed E-state index contributed by atoms with van der Waals surface area (Å²) in [5.41, 5.74) is 3.66. The molecular formula is C29H39N3O2. The molecule has 3 aromatic rings. The summed E-state index contributed by atoms with van der Waals surface area (Å²) in [7, 11) is 0. The Morgan fingerprint density at radius 1 is 1.03 bits per heavy atom. The molecule has 0 aliphatic heterocycles. The van der Waals surface area contributed by atoms with Crippen LogP contribution in [0.5, 0.6) is 0 Å². The van der Waals surface area contributed by atoms with Gasteiger partial charge < -0.3 is 4.90 Å². The van der Waals surface area contributed by atoms with Crippen LogP contribution in [-0.4, -0.2) is 26.9 Å². The third-order valence-corrected chi connectivity index (χ3v) is 6.49.